The Labute approximate surface area is 207 Å². The fourth-order valence-electron chi connectivity index (χ4n) is 3.44. The number of amides is 1. The topological polar surface area (TPSA) is 81.3 Å². The highest BCUT2D eigenvalue weighted by Crippen LogP contribution is 2.19. The first-order valence-corrected chi connectivity index (χ1v) is 10.9. The molecule has 7 heteroatoms. The number of hydrogen-bond acceptors (Lipinski definition) is 2. The lowest BCUT2D eigenvalue weighted by Crippen LogP contribution is -2.37. The zero-order valence-corrected chi connectivity index (χ0v) is 21.6. The van der Waals surface area contributed by atoms with Crippen molar-refractivity contribution in [1.29, 1.82) is 0 Å². The molecule has 0 saturated carbocycles. The van der Waals surface area contributed by atoms with Crippen molar-refractivity contribution in [1.82, 2.24) is 15.6 Å². The third-order valence-corrected chi connectivity index (χ3v) is 5.55. The van der Waals surface area contributed by atoms with E-state index in [1.807, 2.05) is 38.1 Å². The molecule has 1 heterocycles. The summed E-state index contributed by atoms with van der Waals surface area (Å²) in [5, 5.41) is 11.0. The number of carbonyl (C=O) groups is 1. The third-order valence-electron chi connectivity index (χ3n) is 5.55. The molecule has 0 fully saturated rings. The van der Waals surface area contributed by atoms with Crippen LogP contribution in [0.2, 0.25) is 0 Å². The Morgan fingerprint density at radius 3 is 2.72 bits per heavy atom. The van der Waals surface area contributed by atoms with Gasteiger partial charge in [0.2, 0.25) is 5.91 Å². The van der Waals surface area contributed by atoms with Crippen LogP contribution >= 0.6 is 24.0 Å². The molecule has 2 aromatic carbocycles. The Morgan fingerprint density at radius 2 is 1.97 bits per heavy atom. The first-order chi connectivity index (χ1) is 15.0. The molecular formula is C25H34IN5O. The van der Waals surface area contributed by atoms with Crippen LogP contribution in [0.1, 0.15) is 37.0 Å². The summed E-state index contributed by atoms with van der Waals surface area (Å²) in [6.45, 7) is 7.47. The lowest BCUT2D eigenvalue weighted by atomic mass is 10.1. The zero-order chi connectivity index (χ0) is 22.2. The highest BCUT2D eigenvalue weighted by Gasteiger charge is 2.10. The van der Waals surface area contributed by atoms with Crippen LogP contribution < -0.4 is 16.0 Å². The molecular weight excluding hydrogens is 513 g/mol. The summed E-state index contributed by atoms with van der Waals surface area (Å²) in [6.07, 6.45) is 3.81. The molecule has 0 spiro atoms. The smallest absolute Gasteiger partial charge is 0.227 e. The maximum atomic E-state index is 12.1. The molecule has 1 amide bonds. The number of halogens is 1. The molecule has 172 valence electrons. The van der Waals surface area contributed by atoms with Crippen LogP contribution in [0.25, 0.3) is 10.9 Å². The molecule has 0 radical (unpaired) electrons. The quantitative estimate of drug-likeness (QED) is 0.182. The van der Waals surface area contributed by atoms with Crippen LogP contribution in [0.5, 0.6) is 0 Å². The highest BCUT2D eigenvalue weighted by molar-refractivity contribution is 14.0. The van der Waals surface area contributed by atoms with Gasteiger partial charge in [0.1, 0.15) is 0 Å². The summed E-state index contributed by atoms with van der Waals surface area (Å²) in [4.78, 5) is 19.8. The van der Waals surface area contributed by atoms with E-state index in [0.717, 1.165) is 36.6 Å². The molecule has 1 aromatic heterocycles. The zero-order valence-electron chi connectivity index (χ0n) is 19.3. The number of aliphatic imine (C=N–C) groups is 1. The SMILES string of the molecule is CCC(C)C(=O)Nc1cccc(CNC(=NC)NCCc2c[nH]c3cc(C)ccc23)c1.I. The van der Waals surface area contributed by atoms with E-state index in [9.17, 15) is 4.79 Å². The Kier molecular flexibility index (Phi) is 10.0. The predicted molar refractivity (Wildman–Crippen MR) is 145 cm³/mol. The van der Waals surface area contributed by atoms with Crippen LogP contribution in [-0.4, -0.2) is 30.4 Å². The second-order valence-electron chi connectivity index (χ2n) is 7.96. The van der Waals surface area contributed by atoms with E-state index in [1.165, 1.54) is 22.0 Å². The van der Waals surface area contributed by atoms with E-state index in [4.69, 9.17) is 0 Å². The van der Waals surface area contributed by atoms with Gasteiger partial charge in [-0.1, -0.05) is 38.1 Å². The summed E-state index contributed by atoms with van der Waals surface area (Å²) in [5.74, 6) is 0.813. The fourth-order valence-corrected chi connectivity index (χ4v) is 3.44. The molecule has 3 rings (SSSR count). The van der Waals surface area contributed by atoms with Crippen molar-refractivity contribution >= 4 is 52.4 Å². The van der Waals surface area contributed by atoms with E-state index in [1.54, 1.807) is 7.05 Å². The minimum Gasteiger partial charge on any atom is -0.361 e. The second kappa shape index (κ2) is 12.5. The number of rotatable bonds is 8. The monoisotopic (exact) mass is 547 g/mol. The van der Waals surface area contributed by atoms with E-state index in [2.05, 4.69) is 57.2 Å². The van der Waals surface area contributed by atoms with Crippen LogP contribution in [0.3, 0.4) is 0 Å². The number of fused-ring (bicyclic) bond motifs is 1. The van der Waals surface area contributed by atoms with Gasteiger partial charge < -0.3 is 20.9 Å². The van der Waals surface area contributed by atoms with E-state index >= 15 is 0 Å². The number of anilines is 1. The number of aryl methyl sites for hydroxylation is 1. The van der Waals surface area contributed by atoms with Crippen molar-refractivity contribution in [3.8, 4) is 0 Å². The molecule has 1 atom stereocenters. The number of hydrogen-bond donors (Lipinski definition) is 4. The Hall–Kier alpha value is -2.55. The molecule has 1 unspecified atom stereocenters. The van der Waals surface area contributed by atoms with Gasteiger partial charge in [-0.2, -0.15) is 0 Å². The lowest BCUT2D eigenvalue weighted by molar-refractivity contribution is -0.119. The number of H-pyrrole nitrogens is 1. The van der Waals surface area contributed by atoms with Crippen LogP contribution in [0.4, 0.5) is 5.69 Å². The summed E-state index contributed by atoms with van der Waals surface area (Å²) >= 11 is 0. The van der Waals surface area contributed by atoms with Crippen LogP contribution in [-0.2, 0) is 17.8 Å². The molecule has 0 saturated heterocycles. The number of aromatic nitrogens is 1. The largest absolute Gasteiger partial charge is 0.361 e. The van der Waals surface area contributed by atoms with Crippen molar-refractivity contribution in [2.75, 3.05) is 18.9 Å². The maximum absolute atomic E-state index is 12.1. The fraction of sp³-hybridized carbons (Fsp3) is 0.360. The van der Waals surface area contributed by atoms with Gasteiger partial charge in [-0.3, -0.25) is 9.79 Å². The van der Waals surface area contributed by atoms with E-state index in [-0.39, 0.29) is 35.8 Å². The van der Waals surface area contributed by atoms with E-state index in [0.29, 0.717) is 6.54 Å². The van der Waals surface area contributed by atoms with Gasteiger partial charge in [0.05, 0.1) is 0 Å². The van der Waals surface area contributed by atoms with Gasteiger partial charge in [-0.15, -0.1) is 24.0 Å². The lowest BCUT2D eigenvalue weighted by Gasteiger charge is -2.13. The van der Waals surface area contributed by atoms with Crippen molar-refractivity contribution in [3.05, 3.63) is 65.4 Å². The maximum Gasteiger partial charge on any atom is 0.227 e. The third kappa shape index (κ3) is 6.98. The van der Waals surface area contributed by atoms with Gasteiger partial charge >= 0.3 is 0 Å². The summed E-state index contributed by atoms with van der Waals surface area (Å²) in [6, 6.07) is 14.4. The standard InChI is InChI=1S/C25H33N5O.HI/c1-5-18(3)24(31)30-21-8-6-7-19(14-21)15-29-25(26-4)27-12-11-20-16-28-23-13-17(2)9-10-22(20)23;/h6-10,13-14,16,18,28H,5,11-12,15H2,1-4H3,(H,30,31)(H2,26,27,29);1H. The number of nitrogens with zero attached hydrogens (tertiary/aromatic N) is 1. The molecule has 0 aliphatic rings. The number of carbonyl (C=O) groups excluding carboxylic acids is 1. The minimum atomic E-state index is 0. The van der Waals surface area contributed by atoms with Gasteiger partial charge in [0.25, 0.3) is 0 Å². The number of guanidine groups is 1. The highest BCUT2D eigenvalue weighted by atomic mass is 127. The van der Waals surface area contributed by atoms with Gasteiger partial charge in [0.15, 0.2) is 5.96 Å². The molecule has 3 aromatic rings. The van der Waals surface area contributed by atoms with Crippen molar-refractivity contribution in [2.24, 2.45) is 10.9 Å². The van der Waals surface area contributed by atoms with Gasteiger partial charge in [-0.05, 0) is 54.7 Å². The molecule has 0 bridgehead atoms. The molecule has 0 aliphatic heterocycles. The average Bonchev–Trinajstić information content (AvgIpc) is 3.17. The summed E-state index contributed by atoms with van der Waals surface area (Å²) in [7, 11) is 1.77. The van der Waals surface area contributed by atoms with Gasteiger partial charge in [0, 0.05) is 48.8 Å². The predicted octanol–water partition coefficient (Wildman–Crippen LogP) is 4.99. The molecule has 0 aliphatic carbocycles. The normalized spacial score (nSPS) is 12.2. The average molecular weight is 547 g/mol. The minimum absolute atomic E-state index is 0. The summed E-state index contributed by atoms with van der Waals surface area (Å²) in [5.41, 5.74) is 5.63. The van der Waals surface area contributed by atoms with Crippen molar-refractivity contribution in [2.45, 2.75) is 40.2 Å². The Morgan fingerprint density at radius 1 is 1.16 bits per heavy atom. The first-order valence-electron chi connectivity index (χ1n) is 10.9. The molecule has 4 N–H and O–H groups in total. The first kappa shape index (κ1) is 25.7. The number of benzene rings is 2. The Bertz CT molecular complexity index is 1060. The second-order valence-corrected chi connectivity index (χ2v) is 7.96. The molecule has 6 nitrogen and oxygen atoms in total. The van der Waals surface area contributed by atoms with Gasteiger partial charge in [-0.25, -0.2) is 0 Å². The Balaban J connectivity index is 0.00000363. The van der Waals surface area contributed by atoms with Crippen molar-refractivity contribution in [3.63, 3.8) is 0 Å². The summed E-state index contributed by atoms with van der Waals surface area (Å²) < 4.78 is 0. The van der Waals surface area contributed by atoms with Crippen molar-refractivity contribution < 1.29 is 4.79 Å². The van der Waals surface area contributed by atoms with Crippen LogP contribution in [0.15, 0.2) is 53.7 Å². The molecule has 32 heavy (non-hydrogen) atoms. The van der Waals surface area contributed by atoms with Crippen LogP contribution in [0, 0.1) is 12.8 Å². The number of aromatic amines is 1. The van der Waals surface area contributed by atoms with E-state index < -0.39 is 0 Å². The number of nitrogens with one attached hydrogen (secondary N) is 4.